The van der Waals surface area contributed by atoms with Gasteiger partial charge in [0.25, 0.3) is 17.7 Å². The highest BCUT2D eigenvalue weighted by atomic mass is 35.5. The van der Waals surface area contributed by atoms with Crippen LogP contribution in [0.3, 0.4) is 0 Å². The summed E-state index contributed by atoms with van der Waals surface area (Å²) < 4.78 is 68.1. The second-order valence-electron chi connectivity index (χ2n) is 40.3. The molecule has 0 radical (unpaired) electrons. The lowest BCUT2D eigenvalue weighted by Crippen LogP contribution is -2.49. The van der Waals surface area contributed by atoms with Gasteiger partial charge in [0, 0.05) is 134 Å². The van der Waals surface area contributed by atoms with Crippen molar-refractivity contribution in [2.45, 2.75) is 211 Å². The van der Waals surface area contributed by atoms with E-state index in [4.69, 9.17) is 49.0 Å². The summed E-state index contributed by atoms with van der Waals surface area (Å²) in [5.74, 6) is 16.9. The topological polar surface area (TPSA) is 237 Å². The first-order chi connectivity index (χ1) is 58.5. The number of benzene rings is 6. The number of fused-ring (bicyclic) bond motifs is 12. The number of anilines is 3. The maximum Gasteiger partial charge on any atom is 0.262 e. The van der Waals surface area contributed by atoms with E-state index in [0.29, 0.717) is 89.3 Å². The molecule has 6 heterocycles. The highest BCUT2D eigenvalue weighted by Gasteiger charge is 2.50. The molecule has 0 saturated heterocycles. The lowest BCUT2D eigenvalue weighted by molar-refractivity contribution is 0.000357. The number of aliphatic hydroxyl groups is 3. The Bertz CT molecular complexity index is 4800. The molecule has 12 aliphatic rings. The van der Waals surface area contributed by atoms with Gasteiger partial charge in [-0.15, -0.1) is 0 Å². The maximum atomic E-state index is 13.4. The predicted molar refractivity (Wildman–Crippen MR) is 503 cm³/mol. The Labute approximate surface area is 746 Å². The number of amides is 3. The van der Waals surface area contributed by atoms with Crippen LogP contribution < -0.4 is 43.1 Å². The van der Waals surface area contributed by atoms with Gasteiger partial charge in [-0.3, -0.25) is 28.5 Å². The third kappa shape index (κ3) is 20.0. The average molecular weight is 1800 g/mol. The molecule has 666 valence electrons. The minimum Gasteiger partial charge on any atom is -0.490 e. The van der Waals surface area contributed by atoms with E-state index < -0.39 is 29.1 Å². The number of rotatable bonds is 0. The number of ether oxygens (including phenoxy) is 3. The molecule has 6 aromatic carbocycles. The van der Waals surface area contributed by atoms with E-state index in [1.807, 2.05) is 54.6 Å². The van der Waals surface area contributed by atoms with E-state index in [1.54, 1.807) is 18.2 Å². The zero-order valence-corrected chi connectivity index (χ0v) is 77.4. The molecule has 3 unspecified atom stereocenters. The molecule has 3 amide bonds. The third-order valence-electron chi connectivity index (χ3n) is 30.0. The summed E-state index contributed by atoms with van der Waals surface area (Å²) in [5, 5.41) is 36.3. The molecule has 0 aromatic heterocycles. The molecule has 3 fully saturated rings. The summed E-state index contributed by atoms with van der Waals surface area (Å²) in [5.41, 5.74) is 11.2. The van der Waals surface area contributed by atoms with Crippen molar-refractivity contribution in [2.24, 2.45) is 71.0 Å². The first-order valence-electron chi connectivity index (χ1n) is 45.5. The summed E-state index contributed by atoms with van der Waals surface area (Å²) >= 11 is 19.2. The zero-order valence-electron chi connectivity index (χ0n) is 72.7. The molecule has 6 N–H and O–H groups in total. The largest absolute Gasteiger partial charge is 0.490 e. The van der Waals surface area contributed by atoms with Crippen molar-refractivity contribution in [2.75, 3.05) is 91.0 Å². The molecule has 3 saturated carbocycles. The molecular formula is C99H129Cl3N6O12S3. The normalized spacial score (nSPS) is 35.8. The summed E-state index contributed by atoms with van der Waals surface area (Å²) in [6.07, 6.45) is 19.3. The fraction of sp³-hybridized carbons (Fsp3) is 0.576. The number of hydrogen-bond acceptors (Lipinski definition) is 15. The molecule has 6 aliphatic heterocycles. The van der Waals surface area contributed by atoms with Crippen molar-refractivity contribution >= 4 is 116 Å². The van der Waals surface area contributed by atoms with E-state index >= 15 is 0 Å². The van der Waals surface area contributed by atoms with Crippen LogP contribution in [-0.2, 0) is 64.6 Å². The summed E-state index contributed by atoms with van der Waals surface area (Å²) in [7, 11) is -8.46. The second-order valence-corrected chi connectivity index (χ2v) is 48.1. The highest BCUT2D eigenvalue weighted by molar-refractivity contribution is 7.99. The molecule has 18 rings (SSSR count). The van der Waals surface area contributed by atoms with Crippen LogP contribution in [0.2, 0.25) is 15.1 Å². The van der Waals surface area contributed by atoms with Crippen LogP contribution in [0.5, 0.6) is 17.2 Å². The van der Waals surface area contributed by atoms with Gasteiger partial charge in [-0.2, -0.15) is 0 Å². The maximum absolute atomic E-state index is 13.4. The van der Waals surface area contributed by atoms with E-state index in [9.17, 15) is 42.3 Å². The molecule has 6 bridgehead atoms. The van der Waals surface area contributed by atoms with Crippen LogP contribution in [0.4, 0.5) is 17.1 Å². The Kier molecular flexibility index (Phi) is 26.6. The van der Waals surface area contributed by atoms with Crippen molar-refractivity contribution in [1.82, 2.24) is 14.2 Å². The van der Waals surface area contributed by atoms with Crippen molar-refractivity contribution in [3.05, 3.63) is 174 Å². The van der Waals surface area contributed by atoms with Crippen molar-refractivity contribution in [1.29, 1.82) is 0 Å². The quantitative estimate of drug-likeness (QED) is 0.0776. The number of nitrogens with zero attached hydrogens (tertiary/aromatic N) is 3. The molecule has 6 aromatic rings. The fourth-order valence-corrected chi connectivity index (χ4v) is 29.5. The minimum absolute atomic E-state index is 0.118. The van der Waals surface area contributed by atoms with E-state index in [2.05, 4.69) is 124 Å². The van der Waals surface area contributed by atoms with E-state index in [1.165, 1.54) is 33.4 Å². The van der Waals surface area contributed by atoms with Gasteiger partial charge in [0.15, 0.2) is 0 Å². The van der Waals surface area contributed by atoms with Crippen LogP contribution in [0.25, 0.3) is 0 Å². The number of carbonyl (C=O) groups is 3. The first kappa shape index (κ1) is 89.7. The summed E-state index contributed by atoms with van der Waals surface area (Å²) in [6, 6.07) is 35.4. The SMILES string of the molecule is C=S1(=O)C[C@@H](C)C[C@@H](C)C[C@H](O)[C@@H]2CC[C@H]2CN2C[C@@]3(CCCc4cc(Cl)ccc43)COc3ccc(cc32)C(=O)N1.C=S1(=O)C[C@@H](C)C[C@H](C)C[C@@H](O)[C@@H]2CC[C@H]2CN2C[C@@]3(CCCc4cc(Cl)ccc43)COc3ccc(cc32)C(=O)N1.C=S1(=O)C[C@@H](C)C[C@H](C)C[C@H](O)[C@@H]2CC[C@H]2CN2C[C@@]3(CCCc4cc(Cl)ccc43)COc3ccc(cc32)C(=O)N1. The van der Waals surface area contributed by atoms with Crippen LogP contribution in [0.15, 0.2) is 109 Å². The lowest BCUT2D eigenvalue weighted by atomic mass is 9.67. The number of aliphatic hydroxyl groups excluding tert-OH is 3. The smallest absolute Gasteiger partial charge is 0.262 e. The number of halogens is 3. The van der Waals surface area contributed by atoms with Crippen LogP contribution in [-0.4, -0.2) is 158 Å². The standard InChI is InChI=1S/3C33H43ClN2O4S/c3*1-21-13-22(2)18-41(3,39)35-32(38)24-7-11-31-29(16-24)36(17-25-6-9-27(25)30(37)14-21)19-33(20-40-31)12-4-5-23-15-26(34)8-10-28(23)33/h3*7-8,10-11,15-16,21-22,25,27,30,37H,3-6,9,12-14,17-20H2,1-2H3,(H,35,38,39)/t21-,22+,25+,27-,30+,33+,41?;21-,22-,25-,27+,30+,33-,41?;21-,22-,25-,27+,30-,33-,41?/m100/s1. The number of carbonyl (C=O) groups excluding carboxylic acids is 3. The van der Waals surface area contributed by atoms with Gasteiger partial charge >= 0.3 is 0 Å². The fourth-order valence-electron chi connectivity index (χ4n) is 24.1. The van der Waals surface area contributed by atoms with Gasteiger partial charge < -0.3 is 44.2 Å². The number of hydrogen-bond donors (Lipinski definition) is 6. The molecule has 18 nitrogen and oxygen atoms in total. The summed E-state index contributed by atoms with van der Waals surface area (Å²) in [4.78, 5) is 47.4. The van der Waals surface area contributed by atoms with Gasteiger partial charge in [-0.25, -0.2) is 12.6 Å². The second kappa shape index (κ2) is 36.5. The van der Waals surface area contributed by atoms with Gasteiger partial charge in [-0.05, 0) is 348 Å². The van der Waals surface area contributed by atoms with Gasteiger partial charge in [0.05, 0.1) is 55.2 Å². The van der Waals surface area contributed by atoms with E-state index in [-0.39, 0.29) is 87.8 Å². The van der Waals surface area contributed by atoms with Crippen LogP contribution >= 0.6 is 34.8 Å². The van der Waals surface area contributed by atoms with Crippen molar-refractivity contribution in [3.8, 4) is 17.2 Å². The molecule has 21 atom stereocenters. The summed E-state index contributed by atoms with van der Waals surface area (Å²) in [6.45, 7) is 19.0. The van der Waals surface area contributed by atoms with Gasteiger partial charge in [0.1, 0.15) is 17.2 Å². The number of nitrogens with one attached hydrogen (secondary N) is 3. The van der Waals surface area contributed by atoms with E-state index in [0.717, 1.165) is 223 Å². The van der Waals surface area contributed by atoms with Gasteiger partial charge in [-0.1, -0.05) is 94.5 Å². The minimum atomic E-state index is -2.82. The Morgan fingerprint density at radius 1 is 0.382 bits per heavy atom. The Morgan fingerprint density at radius 3 is 0.919 bits per heavy atom. The number of aryl methyl sites for hydroxylation is 3. The predicted octanol–water partition coefficient (Wildman–Crippen LogP) is 16.9. The monoisotopic (exact) mass is 1790 g/mol. The molecule has 123 heavy (non-hydrogen) atoms. The van der Waals surface area contributed by atoms with Gasteiger partial charge in [0.2, 0.25) is 0 Å². The van der Waals surface area contributed by atoms with Crippen molar-refractivity contribution < 1.29 is 56.5 Å². The van der Waals surface area contributed by atoms with Crippen LogP contribution in [0, 0.1) is 71.0 Å². The molecular weight excluding hydrogens is 1670 g/mol. The average Bonchev–Trinajstić information content (AvgIpc) is 1.63. The molecule has 24 heteroatoms. The Morgan fingerprint density at radius 2 is 0.659 bits per heavy atom. The highest BCUT2D eigenvalue weighted by Crippen LogP contribution is 2.53. The zero-order chi connectivity index (χ0) is 86.8. The Hall–Kier alpha value is -6.66. The first-order valence-corrected chi connectivity index (χ1v) is 52.4. The molecule has 3 spiro atoms. The third-order valence-corrected chi connectivity index (χ3v) is 35.7. The lowest BCUT2D eigenvalue weighted by Gasteiger charge is -2.46. The van der Waals surface area contributed by atoms with Crippen LogP contribution in [0.1, 0.15) is 222 Å². The molecule has 6 aliphatic carbocycles. The Balaban J connectivity index is 0.000000137. The van der Waals surface area contributed by atoms with Crippen molar-refractivity contribution in [3.63, 3.8) is 0 Å².